The molecule has 0 heterocycles. The Morgan fingerprint density at radius 2 is 1.54 bits per heavy atom. The lowest BCUT2D eigenvalue weighted by atomic mass is 9.68. The maximum Gasteiger partial charge on any atom is 0.421 e. The van der Waals surface area contributed by atoms with Crippen LogP contribution in [-0.2, 0) is 21.3 Å². The van der Waals surface area contributed by atoms with Gasteiger partial charge in [0.05, 0.1) is 0 Å². The normalized spacial score (nSPS) is 24.3. The molecule has 1 amide bonds. The number of rotatable bonds is 8. The Hall–Kier alpha value is -2.47. The van der Waals surface area contributed by atoms with Gasteiger partial charge in [-0.25, -0.2) is 0 Å². The minimum absolute atomic E-state index is 0.0283. The molecule has 11 heteroatoms. The standard InChI is InChI=1S/C26H31F3N2O5S/c1-24(33,26(27,28)29)19-9-7-18(8-10-19)23(32)31(21-11-12-21)22-13-15-25(16-14-22,17-30-37(34,35)36)20-5-3-2-4-6-20/h2-10,21-22,30,33H,11-17H2,1H3,(H,34,35,36)/t22-,24-,25-/m0/s1. The summed E-state index contributed by atoms with van der Waals surface area (Å²) in [6.07, 6.45) is -0.802. The van der Waals surface area contributed by atoms with Gasteiger partial charge in [-0.05, 0) is 68.7 Å². The number of carbonyl (C=O) groups is 1. The zero-order valence-electron chi connectivity index (χ0n) is 20.4. The summed E-state index contributed by atoms with van der Waals surface area (Å²) in [6.45, 7) is 0.707. The van der Waals surface area contributed by atoms with Crippen molar-refractivity contribution < 1.29 is 36.0 Å². The Morgan fingerprint density at radius 3 is 2.03 bits per heavy atom. The van der Waals surface area contributed by atoms with E-state index in [-0.39, 0.29) is 35.7 Å². The lowest BCUT2D eigenvalue weighted by molar-refractivity contribution is -0.258. The first-order valence-corrected chi connectivity index (χ1v) is 13.7. The van der Waals surface area contributed by atoms with Crippen LogP contribution in [0.4, 0.5) is 13.2 Å². The van der Waals surface area contributed by atoms with E-state index >= 15 is 0 Å². The second-order valence-electron chi connectivity index (χ2n) is 10.3. The molecule has 4 rings (SSSR count). The highest BCUT2D eigenvalue weighted by molar-refractivity contribution is 7.83. The number of halogens is 3. The van der Waals surface area contributed by atoms with E-state index in [0.717, 1.165) is 30.5 Å². The topological polar surface area (TPSA) is 107 Å². The van der Waals surface area contributed by atoms with Crippen LogP contribution in [0, 0.1) is 0 Å². The molecular weight excluding hydrogens is 509 g/mol. The quantitative estimate of drug-likeness (QED) is 0.432. The first-order chi connectivity index (χ1) is 17.2. The SMILES string of the molecule is C[C@](O)(c1ccc(C(=O)N(C2CC2)[C@H]2CC[C@](CNS(=O)(=O)O)(c3ccccc3)CC2)cc1)C(F)(F)F. The van der Waals surface area contributed by atoms with Crippen LogP contribution in [0.1, 0.15) is 66.9 Å². The third-order valence-electron chi connectivity index (χ3n) is 7.71. The Balaban J connectivity index is 1.52. The second kappa shape index (κ2) is 10.0. The number of hydrogen-bond acceptors (Lipinski definition) is 4. The summed E-state index contributed by atoms with van der Waals surface area (Å²) in [5.74, 6) is -0.269. The Labute approximate surface area is 214 Å². The fraction of sp³-hybridized carbons (Fsp3) is 0.500. The van der Waals surface area contributed by atoms with E-state index in [9.17, 15) is 36.0 Å². The summed E-state index contributed by atoms with van der Waals surface area (Å²) < 4.78 is 73.9. The molecule has 2 aliphatic rings. The van der Waals surface area contributed by atoms with Gasteiger partial charge in [-0.15, -0.1) is 0 Å². The molecule has 7 nitrogen and oxygen atoms in total. The summed E-state index contributed by atoms with van der Waals surface area (Å²) in [7, 11) is -4.38. The van der Waals surface area contributed by atoms with Crippen molar-refractivity contribution in [2.24, 2.45) is 0 Å². The molecule has 37 heavy (non-hydrogen) atoms. The maximum absolute atomic E-state index is 13.5. The molecule has 3 N–H and O–H groups in total. The number of alkyl halides is 3. The molecule has 1 atom stereocenters. The molecule has 2 aromatic carbocycles. The first-order valence-electron chi connectivity index (χ1n) is 12.2. The van der Waals surface area contributed by atoms with Gasteiger partial charge in [0.2, 0.25) is 0 Å². The van der Waals surface area contributed by atoms with Gasteiger partial charge in [0.1, 0.15) is 0 Å². The van der Waals surface area contributed by atoms with E-state index < -0.39 is 27.5 Å². The highest BCUT2D eigenvalue weighted by Gasteiger charge is 2.51. The van der Waals surface area contributed by atoms with E-state index in [2.05, 4.69) is 4.72 Å². The number of aliphatic hydroxyl groups is 1. The van der Waals surface area contributed by atoms with Crippen molar-refractivity contribution in [2.75, 3.05) is 6.54 Å². The third-order valence-corrected chi connectivity index (χ3v) is 8.21. The first kappa shape index (κ1) is 27.6. The fourth-order valence-corrected chi connectivity index (χ4v) is 5.71. The fourth-order valence-electron chi connectivity index (χ4n) is 5.25. The van der Waals surface area contributed by atoms with E-state index in [0.29, 0.717) is 32.6 Å². The predicted molar refractivity (Wildman–Crippen MR) is 131 cm³/mol. The molecule has 0 saturated heterocycles. The van der Waals surface area contributed by atoms with Crippen molar-refractivity contribution in [3.63, 3.8) is 0 Å². The Morgan fingerprint density at radius 1 is 1.00 bits per heavy atom. The maximum atomic E-state index is 13.5. The minimum atomic E-state index is -4.85. The van der Waals surface area contributed by atoms with Crippen LogP contribution in [0.3, 0.4) is 0 Å². The molecule has 202 valence electrons. The van der Waals surface area contributed by atoms with Gasteiger partial charge < -0.3 is 10.0 Å². The van der Waals surface area contributed by atoms with Crippen LogP contribution in [-0.4, -0.2) is 53.7 Å². The number of amides is 1. The Kier molecular flexibility index (Phi) is 7.46. The second-order valence-corrected chi connectivity index (χ2v) is 11.5. The van der Waals surface area contributed by atoms with Crippen molar-refractivity contribution in [3.05, 3.63) is 71.3 Å². The zero-order valence-corrected chi connectivity index (χ0v) is 21.2. The van der Waals surface area contributed by atoms with E-state index in [1.165, 1.54) is 12.1 Å². The van der Waals surface area contributed by atoms with Gasteiger partial charge in [0, 0.05) is 29.6 Å². The third kappa shape index (κ3) is 6.00. The van der Waals surface area contributed by atoms with E-state index in [1.807, 2.05) is 35.2 Å². The molecule has 0 bridgehead atoms. The van der Waals surface area contributed by atoms with Gasteiger partial charge in [0.15, 0.2) is 5.60 Å². The van der Waals surface area contributed by atoms with E-state index in [1.54, 1.807) is 0 Å². The molecule has 0 aliphatic heterocycles. The van der Waals surface area contributed by atoms with Crippen LogP contribution >= 0.6 is 0 Å². The number of carbonyl (C=O) groups excluding carboxylic acids is 1. The predicted octanol–water partition coefficient (Wildman–Crippen LogP) is 4.33. The largest absolute Gasteiger partial charge is 0.421 e. The van der Waals surface area contributed by atoms with Gasteiger partial charge in [-0.3, -0.25) is 9.35 Å². The van der Waals surface area contributed by atoms with Crippen molar-refractivity contribution in [1.82, 2.24) is 9.62 Å². The molecule has 0 spiro atoms. The van der Waals surface area contributed by atoms with Gasteiger partial charge in [0.25, 0.3) is 5.91 Å². The Bertz CT molecular complexity index is 1210. The number of benzene rings is 2. The van der Waals surface area contributed by atoms with Crippen LogP contribution in [0.25, 0.3) is 0 Å². The van der Waals surface area contributed by atoms with Crippen molar-refractivity contribution in [1.29, 1.82) is 0 Å². The lowest BCUT2D eigenvalue weighted by Crippen LogP contribution is -2.49. The van der Waals surface area contributed by atoms with Gasteiger partial charge in [-0.2, -0.15) is 26.3 Å². The number of hydrogen-bond donors (Lipinski definition) is 3. The average Bonchev–Trinajstić information content (AvgIpc) is 3.68. The lowest BCUT2D eigenvalue weighted by Gasteiger charge is -2.44. The molecule has 2 aromatic rings. The molecule has 0 aromatic heterocycles. The average molecular weight is 541 g/mol. The summed E-state index contributed by atoms with van der Waals surface area (Å²) in [5, 5.41) is 9.92. The highest BCUT2D eigenvalue weighted by Crippen LogP contribution is 2.43. The summed E-state index contributed by atoms with van der Waals surface area (Å²) in [6, 6.07) is 14.3. The van der Waals surface area contributed by atoms with Crippen LogP contribution in [0.5, 0.6) is 0 Å². The van der Waals surface area contributed by atoms with Crippen molar-refractivity contribution in [3.8, 4) is 0 Å². The monoisotopic (exact) mass is 540 g/mol. The van der Waals surface area contributed by atoms with E-state index in [4.69, 9.17) is 0 Å². The van der Waals surface area contributed by atoms with Crippen LogP contribution < -0.4 is 4.72 Å². The molecule has 0 radical (unpaired) electrons. The molecular formula is C26H31F3N2O5S. The molecule has 0 unspecified atom stereocenters. The smallest absolute Gasteiger partial charge is 0.376 e. The summed E-state index contributed by atoms with van der Waals surface area (Å²) in [5.41, 5.74) is -2.71. The number of nitrogens with one attached hydrogen (secondary N) is 1. The van der Waals surface area contributed by atoms with Crippen molar-refractivity contribution in [2.45, 2.75) is 74.7 Å². The molecule has 2 fully saturated rings. The minimum Gasteiger partial charge on any atom is -0.376 e. The van der Waals surface area contributed by atoms with Crippen LogP contribution in [0.15, 0.2) is 54.6 Å². The van der Waals surface area contributed by atoms with Gasteiger partial charge in [-0.1, -0.05) is 42.5 Å². The summed E-state index contributed by atoms with van der Waals surface area (Å²) in [4.78, 5) is 15.3. The summed E-state index contributed by atoms with van der Waals surface area (Å²) >= 11 is 0. The van der Waals surface area contributed by atoms with Crippen molar-refractivity contribution >= 4 is 16.2 Å². The molecule has 2 aliphatic carbocycles. The number of nitrogens with zero attached hydrogens (tertiary/aromatic N) is 1. The highest BCUT2D eigenvalue weighted by atomic mass is 32.2. The molecule has 2 saturated carbocycles. The van der Waals surface area contributed by atoms with Gasteiger partial charge >= 0.3 is 16.5 Å². The zero-order chi connectivity index (χ0) is 27.1. The van der Waals surface area contributed by atoms with Crippen LogP contribution in [0.2, 0.25) is 0 Å².